The van der Waals surface area contributed by atoms with Gasteiger partial charge in [0, 0.05) is 30.0 Å². The first-order valence-corrected chi connectivity index (χ1v) is 10.7. The second-order valence-corrected chi connectivity index (χ2v) is 8.02. The molecule has 0 fully saturated rings. The number of aromatic nitrogens is 1. The van der Waals surface area contributed by atoms with Gasteiger partial charge in [-0.2, -0.15) is 0 Å². The number of rotatable bonds is 9. The molecule has 0 aliphatic carbocycles. The Labute approximate surface area is 191 Å². The van der Waals surface area contributed by atoms with E-state index >= 15 is 0 Å². The van der Waals surface area contributed by atoms with Crippen molar-refractivity contribution in [1.29, 1.82) is 0 Å². The summed E-state index contributed by atoms with van der Waals surface area (Å²) in [5, 5.41) is 18.0. The molecule has 1 aromatic heterocycles. The van der Waals surface area contributed by atoms with E-state index in [4.69, 9.17) is 9.57 Å². The van der Waals surface area contributed by atoms with E-state index in [9.17, 15) is 19.5 Å². The van der Waals surface area contributed by atoms with Crippen LogP contribution in [-0.4, -0.2) is 51.9 Å². The summed E-state index contributed by atoms with van der Waals surface area (Å²) in [7, 11) is 0. The van der Waals surface area contributed by atoms with Gasteiger partial charge in [0.2, 0.25) is 5.60 Å². The van der Waals surface area contributed by atoms with Crippen LogP contribution in [0, 0.1) is 5.92 Å². The quantitative estimate of drug-likeness (QED) is 0.441. The summed E-state index contributed by atoms with van der Waals surface area (Å²) in [6, 6.07) is 8.68. The van der Waals surface area contributed by atoms with Gasteiger partial charge >= 0.3 is 11.9 Å². The van der Waals surface area contributed by atoms with Crippen molar-refractivity contribution in [2.24, 2.45) is 11.1 Å². The van der Waals surface area contributed by atoms with Crippen LogP contribution in [0.5, 0.6) is 0 Å². The van der Waals surface area contributed by atoms with Gasteiger partial charge in [0.25, 0.3) is 5.91 Å². The number of carboxylic acids is 1. The van der Waals surface area contributed by atoms with Crippen molar-refractivity contribution in [3.63, 3.8) is 0 Å². The second kappa shape index (κ2) is 10.2. The molecule has 33 heavy (non-hydrogen) atoms. The molecule has 2 aromatic rings. The highest BCUT2D eigenvalue weighted by Gasteiger charge is 2.50. The molecule has 1 aromatic carbocycles. The third kappa shape index (κ3) is 5.36. The molecule has 0 radical (unpaired) electrons. The summed E-state index contributed by atoms with van der Waals surface area (Å²) in [4.78, 5) is 46.4. The molecule has 0 bridgehead atoms. The fourth-order valence-electron chi connectivity index (χ4n) is 3.65. The molecule has 2 atom stereocenters. The third-order valence-electron chi connectivity index (χ3n) is 5.47. The summed E-state index contributed by atoms with van der Waals surface area (Å²) in [5.41, 5.74) is -0.178. The molecule has 1 aliphatic heterocycles. The highest BCUT2D eigenvalue weighted by Crippen LogP contribution is 2.35. The zero-order valence-electron chi connectivity index (χ0n) is 18.8. The van der Waals surface area contributed by atoms with Crippen LogP contribution in [0.2, 0.25) is 0 Å². The summed E-state index contributed by atoms with van der Waals surface area (Å²) in [5.74, 6) is -2.55. The van der Waals surface area contributed by atoms with E-state index in [2.05, 4.69) is 15.5 Å². The van der Waals surface area contributed by atoms with Gasteiger partial charge in [-0.15, -0.1) is 0 Å². The van der Waals surface area contributed by atoms with Crippen LogP contribution in [-0.2, 0) is 24.0 Å². The van der Waals surface area contributed by atoms with E-state index in [1.54, 1.807) is 13.1 Å². The fourth-order valence-corrected chi connectivity index (χ4v) is 3.65. The summed E-state index contributed by atoms with van der Waals surface area (Å²) >= 11 is 0. The summed E-state index contributed by atoms with van der Waals surface area (Å²) in [6.07, 6.45) is 3.85. The minimum atomic E-state index is -1.34. The van der Waals surface area contributed by atoms with E-state index < -0.39 is 35.9 Å². The number of pyridine rings is 1. The van der Waals surface area contributed by atoms with Gasteiger partial charge < -0.3 is 20.0 Å². The normalized spacial score (nSPS) is 18.7. The molecule has 174 valence electrons. The number of oxime groups is 1. The zero-order chi connectivity index (χ0) is 24.0. The number of nitrogens with zero attached hydrogens (tertiary/aromatic N) is 2. The topological polar surface area (TPSA) is 127 Å². The Bertz CT molecular complexity index is 1110. The molecule has 2 heterocycles. The average molecular weight is 453 g/mol. The van der Waals surface area contributed by atoms with Gasteiger partial charge in [0.05, 0.1) is 24.8 Å². The standard InChI is InChI=1S/C24H27N3O6/c1-4-32-21(30)10-9-17(13-20(28)29)26-23(31)24(15(2)3)14-19(27-33-24)22-18-8-6-5-7-16(18)11-12-25-22/h5-12,15,17H,4,13-14H2,1-3H3,(H,26,31)(H,28,29)/b10-9+/t17-,24-/m1/s1. The van der Waals surface area contributed by atoms with Crippen molar-refractivity contribution < 1.29 is 29.1 Å². The molecular formula is C24H27N3O6. The zero-order valence-corrected chi connectivity index (χ0v) is 18.8. The van der Waals surface area contributed by atoms with Gasteiger partial charge in [-0.05, 0) is 18.4 Å². The van der Waals surface area contributed by atoms with E-state index in [1.165, 1.54) is 6.08 Å². The Morgan fingerprint density at radius 1 is 1.27 bits per heavy atom. The lowest BCUT2D eigenvalue weighted by Crippen LogP contribution is -2.53. The Kier molecular flexibility index (Phi) is 7.42. The van der Waals surface area contributed by atoms with E-state index in [-0.39, 0.29) is 18.9 Å². The van der Waals surface area contributed by atoms with Crippen LogP contribution in [0.25, 0.3) is 10.8 Å². The minimum Gasteiger partial charge on any atom is -0.481 e. The van der Waals surface area contributed by atoms with Gasteiger partial charge in [-0.1, -0.05) is 49.3 Å². The van der Waals surface area contributed by atoms with Gasteiger partial charge in [0.1, 0.15) is 5.71 Å². The first kappa shape index (κ1) is 23.9. The van der Waals surface area contributed by atoms with Crippen molar-refractivity contribution in [2.45, 2.75) is 45.3 Å². The molecule has 0 unspecified atom stereocenters. The number of hydrogen-bond acceptors (Lipinski definition) is 7. The first-order valence-electron chi connectivity index (χ1n) is 10.7. The number of aliphatic carboxylic acids is 1. The predicted molar refractivity (Wildman–Crippen MR) is 122 cm³/mol. The lowest BCUT2D eigenvalue weighted by atomic mass is 9.83. The molecule has 0 saturated carbocycles. The number of benzene rings is 1. The van der Waals surface area contributed by atoms with Crippen LogP contribution in [0.1, 0.15) is 39.3 Å². The Hall–Kier alpha value is -3.75. The number of nitrogens with one attached hydrogen (secondary N) is 1. The van der Waals surface area contributed by atoms with Crippen LogP contribution in [0.15, 0.2) is 53.8 Å². The fraction of sp³-hybridized carbons (Fsp3) is 0.375. The van der Waals surface area contributed by atoms with Gasteiger partial charge in [-0.25, -0.2) is 4.79 Å². The molecule has 9 heteroatoms. The monoisotopic (exact) mass is 453 g/mol. The van der Waals surface area contributed by atoms with Crippen molar-refractivity contribution in [3.05, 3.63) is 54.4 Å². The number of amides is 1. The maximum atomic E-state index is 13.3. The van der Waals surface area contributed by atoms with Gasteiger partial charge in [-0.3, -0.25) is 14.6 Å². The molecule has 9 nitrogen and oxygen atoms in total. The molecule has 2 N–H and O–H groups in total. The van der Waals surface area contributed by atoms with E-state index in [1.807, 2.05) is 44.2 Å². The minimum absolute atomic E-state index is 0.166. The maximum Gasteiger partial charge on any atom is 0.330 e. The molecule has 1 amide bonds. The van der Waals surface area contributed by atoms with E-state index in [0.29, 0.717) is 11.4 Å². The molecule has 1 aliphatic rings. The number of esters is 1. The largest absolute Gasteiger partial charge is 0.481 e. The number of fused-ring (bicyclic) bond motifs is 1. The smallest absolute Gasteiger partial charge is 0.330 e. The lowest BCUT2D eigenvalue weighted by molar-refractivity contribution is -0.150. The molecule has 0 spiro atoms. The maximum absolute atomic E-state index is 13.3. The third-order valence-corrected chi connectivity index (χ3v) is 5.47. The summed E-state index contributed by atoms with van der Waals surface area (Å²) < 4.78 is 4.82. The van der Waals surface area contributed by atoms with Crippen LogP contribution in [0.3, 0.4) is 0 Å². The molecule has 0 saturated heterocycles. The van der Waals surface area contributed by atoms with Gasteiger partial charge in [0.15, 0.2) is 0 Å². The number of carboxylic acid groups (broad SMARTS) is 1. The molecular weight excluding hydrogens is 426 g/mol. The number of ether oxygens (including phenoxy) is 1. The van der Waals surface area contributed by atoms with Crippen molar-refractivity contribution in [3.8, 4) is 0 Å². The van der Waals surface area contributed by atoms with Crippen LogP contribution >= 0.6 is 0 Å². The Morgan fingerprint density at radius 3 is 2.73 bits per heavy atom. The highest BCUT2D eigenvalue weighted by atomic mass is 16.7. The van der Waals surface area contributed by atoms with Crippen molar-refractivity contribution in [2.75, 3.05) is 6.61 Å². The highest BCUT2D eigenvalue weighted by molar-refractivity contribution is 6.11. The van der Waals surface area contributed by atoms with Crippen molar-refractivity contribution >= 4 is 34.3 Å². The summed E-state index contributed by atoms with van der Waals surface area (Å²) in [6.45, 7) is 5.50. The van der Waals surface area contributed by atoms with Crippen LogP contribution < -0.4 is 5.32 Å². The second-order valence-electron chi connectivity index (χ2n) is 8.02. The first-order chi connectivity index (χ1) is 15.8. The average Bonchev–Trinajstić information content (AvgIpc) is 3.24. The number of carbonyl (C=O) groups excluding carboxylic acids is 2. The predicted octanol–water partition coefficient (Wildman–Crippen LogP) is 2.83. The number of carbonyl (C=O) groups is 3. The number of hydrogen-bond donors (Lipinski definition) is 2. The van der Waals surface area contributed by atoms with E-state index in [0.717, 1.165) is 16.8 Å². The SMILES string of the molecule is CCOC(=O)/C=C/[C@H](CC(=O)O)NC(=O)[C@]1(C(C)C)CC(c2nccc3ccccc23)=NO1. The Balaban J connectivity index is 1.83. The Morgan fingerprint density at radius 2 is 2.03 bits per heavy atom. The lowest BCUT2D eigenvalue weighted by Gasteiger charge is -2.30. The van der Waals surface area contributed by atoms with Crippen LogP contribution in [0.4, 0.5) is 0 Å². The van der Waals surface area contributed by atoms with Crippen molar-refractivity contribution in [1.82, 2.24) is 10.3 Å². The molecule has 3 rings (SSSR count).